The zero-order chi connectivity index (χ0) is 22.1. The van der Waals surface area contributed by atoms with Gasteiger partial charge in [-0.1, -0.05) is 12.1 Å². The molecule has 1 aliphatic rings. The van der Waals surface area contributed by atoms with Crippen LogP contribution in [-0.4, -0.2) is 35.5 Å². The molecule has 0 aliphatic carbocycles. The topological polar surface area (TPSA) is 95.9 Å². The van der Waals surface area contributed by atoms with Gasteiger partial charge in [-0.25, -0.2) is 4.39 Å². The summed E-state index contributed by atoms with van der Waals surface area (Å²) in [6, 6.07) is 10.5. The molecule has 3 rings (SSSR count). The lowest BCUT2D eigenvalue weighted by molar-refractivity contribution is -0.137. The Bertz CT molecular complexity index is 1000. The molecule has 2 aromatic carbocycles. The number of likely N-dealkylation sites (N-methyl/N-ethyl adjacent to an activating group) is 1. The van der Waals surface area contributed by atoms with E-state index >= 15 is 0 Å². The van der Waals surface area contributed by atoms with Crippen molar-refractivity contribution in [1.82, 2.24) is 0 Å². The predicted molar refractivity (Wildman–Crippen MR) is 109 cm³/mol. The van der Waals surface area contributed by atoms with Gasteiger partial charge in [-0.2, -0.15) is 0 Å². The van der Waals surface area contributed by atoms with Gasteiger partial charge in [-0.3, -0.25) is 14.4 Å². The van der Waals surface area contributed by atoms with Gasteiger partial charge in [0.25, 0.3) is 5.91 Å². The van der Waals surface area contributed by atoms with E-state index in [1.54, 1.807) is 45.2 Å². The van der Waals surface area contributed by atoms with Gasteiger partial charge < -0.3 is 20.1 Å². The molecule has 1 heterocycles. The van der Waals surface area contributed by atoms with Crippen molar-refractivity contribution in [2.45, 2.75) is 38.2 Å². The molecular weight excluding hydrogens is 391 g/mol. The number of aliphatic carboxylic acids is 1. The average molecular weight is 414 g/mol. The minimum absolute atomic E-state index is 0.127. The Hall–Kier alpha value is -3.42. The summed E-state index contributed by atoms with van der Waals surface area (Å²) in [5, 5.41) is 11.9. The van der Waals surface area contributed by atoms with Crippen LogP contribution < -0.4 is 15.0 Å². The molecule has 0 radical (unpaired) electrons. The van der Waals surface area contributed by atoms with Crippen molar-refractivity contribution >= 4 is 29.2 Å². The molecule has 2 N–H and O–H groups in total. The maximum absolute atomic E-state index is 13.5. The summed E-state index contributed by atoms with van der Waals surface area (Å²) in [7, 11) is 1.65. The van der Waals surface area contributed by atoms with Gasteiger partial charge >= 0.3 is 5.97 Å². The molecular formula is C22H23FN2O5. The number of carboxylic acid groups (broad SMARTS) is 1. The highest BCUT2D eigenvalue weighted by Crippen LogP contribution is 2.38. The van der Waals surface area contributed by atoms with Crippen LogP contribution in [0, 0.1) is 5.82 Å². The van der Waals surface area contributed by atoms with Crippen LogP contribution in [0.1, 0.15) is 38.2 Å². The first kappa shape index (κ1) is 21.3. The monoisotopic (exact) mass is 414 g/mol. The fourth-order valence-corrected chi connectivity index (χ4v) is 3.50. The normalized spacial score (nSPS) is 15.7. The molecule has 1 atom stereocenters. The van der Waals surface area contributed by atoms with Crippen LogP contribution in [-0.2, 0) is 14.4 Å². The molecule has 0 aromatic heterocycles. The van der Waals surface area contributed by atoms with E-state index in [0.29, 0.717) is 22.7 Å². The Balaban J connectivity index is 1.77. The first-order valence-corrected chi connectivity index (χ1v) is 9.45. The molecule has 0 saturated carbocycles. The first-order chi connectivity index (χ1) is 14.1. The van der Waals surface area contributed by atoms with E-state index in [2.05, 4.69) is 5.32 Å². The maximum atomic E-state index is 13.5. The van der Waals surface area contributed by atoms with E-state index in [-0.39, 0.29) is 18.7 Å². The summed E-state index contributed by atoms with van der Waals surface area (Å²) >= 11 is 0. The van der Waals surface area contributed by atoms with E-state index < -0.39 is 29.2 Å². The molecule has 0 spiro atoms. The Morgan fingerprint density at radius 3 is 2.60 bits per heavy atom. The van der Waals surface area contributed by atoms with Crippen molar-refractivity contribution in [1.29, 1.82) is 0 Å². The van der Waals surface area contributed by atoms with Crippen LogP contribution >= 0.6 is 0 Å². The van der Waals surface area contributed by atoms with Crippen LogP contribution in [0.25, 0.3) is 0 Å². The molecule has 30 heavy (non-hydrogen) atoms. The highest BCUT2D eigenvalue weighted by molar-refractivity contribution is 6.02. The Kier molecular flexibility index (Phi) is 5.78. The second-order valence-electron chi connectivity index (χ2n) is 7.76. The predicted octanol–water partition coefficient (Wildman–Crippen LogP) is 3.55. The van der Waals surface area contributed by atoms with Crippen molar-refractivity contribution in [2.75, 3.05) is 17.3 Å². The third-order valence-corrected chi connectivity index (χ3v) is 4.96. The highest BCUT2D eigenvalue weighted by Gasteiger charge is 2.39. The van der Waals surface area contributed by atoms with Gasteiger partial charge in [0.1, 0.15) is 11.6 Å². The average Bonchev–Trinajstić information content (AvgIpc) is 2.65. The Morgan fingerprint density at radius 1 is 1.20 bits per heavy atom. The Morgan fingerprint density at radius 2 is 1.93 bits per heavy atom. The van der Waals surface area contributed by atoms with Crippen LogP contribution in [0.2, 0.25) is 0 Å². The zero-order valence-corrected chi connectivity index (χ0v) is 16.9. The Labute approximate surface area is 173 Å². The van der Waals surface area contributed by atoms with E-state index in [1.165, 1.54) is 23.1 Å². The number of carbonyl (C=O) groups excluding carboxylic acids is 2. The highest BCUT2D eigenvalue weighted by atomic mass is 19.1. The van der Waals surface area contributed by atoms with Gasteiger partial charge in [-0.15, -0.1) is 0 Å². The van der Waals surface area contributed by atoms with Crippen molar-refractivity contribution in [2.24, 2.45) is 0 Å². The van der Waals surface area contributed by atoms with Crippen molar-refractivity contribution in [3.05, 3.63) is 53.8 Å². The minimum Gasteiger partial charge on any atom is -0.481 e. The third kappa shape index (κ3) is 4.59. The maximum Gasteiger partial charge on any atom is 0.303 e. The molecule has 158 valence electrons. The smallest absolute Gasteiger partial charge is 0.303 e. The van der Waals surface area contributed by atoms with Gasteiger partial charge in [0, 0.05) is 31.1 Å². The van der Waals surface area contributed by atoms with Crippen LogP contribution in [0.4, 0.5) is 15.8 Å². The third-order valence-electron chi connectivity index (χ3n) is 4.96. The summed E-state index contributed by atoms with van der Waals surface area (Å²) in [4.78, 5) is 37.6. The quantitative estimate of drug-likeness (QED) is 0.754. The number of hydrogen-bond acceptors (Lipinski definition) is 4. The molecule has 7 nitrogen and oxygen atoms in total. The lowest BCUT2D eigenvalue weighted by atomic mass is 9.92. The van der Waals surface area contributed by atoms with Crippen LogP contribution in [0.15, 0.2) is 42.5 Å². The van der Waals surface area contributed by atoms with E-state index in [1.807, 2.05) is 0 Å². The van der Waals surface area contributed by atoms with E-state index in [4.69, 9.17) is 4.74 Å². The molecule has 0 fully saturated rings. The van der Waals surface area contributed by atoms with Gasteiger partial charge in [0.05, 0.1) is 12.1 Å². The van der Waals surface area contributed by atoms with Gasteiger partial charge in [0.2, 0.25) is 5.91 Å². The summed E-state index contributed by atoms with van der Waals surface area (Å²) < 4.78 is 19.3. The molecule has 8 heteroatoms. The fraction of sp³-hybridized carbons (Fsp3) is 0.318. The van der Waals surface area contributed by atoms with Gasteiger partial charge in [-0.05, 0) is 43.7 Å². The number of rotatable bonds is 6. The van der Waals surface area contributed by atoms with Crippen molar-refractivity contribution < 1.29 is 28.6 Å². The fourth-order valence-electron chi connectivity index (χ4n) is 3.50. The number of carboxylic acids is 1. The standard InChI is InChI=1S/C22H23FN2O5/c1-22(2)21(29)25(3)17-8-7-16(12-18(17)30-22)24-19(26)10-14(11-20(27)28)13-5-4-6-15(23)9-13/h4-9,12,14H,10-11H2,1-3H3,(H,24,26)(H,27,28). The lowest BCUT2D eigenvalue weighted by Crippen LogP contribution is -2.50. The second-order valence-corrected chi connectivity index (χ2v) is 7.76. The molecule has 2 amide bonds. The van der Waals surface area contributed by atoms with Gasteiger partial charge in [0.15, 0.2) is 5.60 Å². The largest absolute Gasteiger partial charge is 0.481 e. The van der Waals surface area contributed by atoms with Crippen LogP contribution in [0.3, 0.4) is 0 Å². The number of amides is 2. The number of nitrogens with one attached hydrogen (secondary N) is 1. The number of benzene rings is 2. The first-order valence-electron chi connectivity index (χ1n) is 9.45. The van der Waals surface area contributed by atoms with Crippen LogP contribution in [0.5, 0.6) is 5.75 Å². The molecule has 0 saturated heterocycles. The van der Waals surface area contributed by atoms with E-state index in [0.717, 1.165) is 0 Å². The lowest BCUT2D eigenvalue weighted by Gasteiger charge is -2.37. The minimum atomic E-state index is -1.07. The SMILES string of the molecule is CN1C(=O)C(C)(C)Oc2cc(NC(=O)CC(CC(=O)O)c3cccc(F)c3)ccc21. The zero-order valence-electron chi connectivity index (χ0n) is 16.9. The summed E-state index contributed by atoms with van der Waals surface area (Å²) in [6.45, 7) is 3.32. The number of hydrogen-bond donors (Lipinski definition) is 2. The van der Waals surface area contributed by atoms with Crippen molar-refractivity contribution in [3.8, 4) is 5.75 Å². The molecule has 2 aromatic rings. The number of carbonyl (C=O) groups is 3. The summed E-state index contributed by atoms with van der Waals surface area (Å²) in [6.07, 6.45) is -0.428. The molecule has 0 bridgehead atoms. The number of nitrogens with zero attached hydrogens (tertiary/aromatic N) is 1. The number of halogens is 1. The van der Waals surface area contributed by atoms with Crippen molar-refractivity contribution in [3.63, 3.8) is 0 Å². The van der Waals surface area contributed by atoms with E-state index in [9.17, 15) is 23.9 Å². The molecule has 1 aliphatic heterocycles. The second kappa shape index (κ2) is 8.14. The summed E-state index contributed by atoms with van der Waals surface area (Å²) in [5.74, 6) is -2.38. The number of ether oxygens (including phenoxy) is 1. The number of fused-ring (bicyclic) bond motifs is 1. The molecule has 1 unspecified atom stereocenters. The summed E-state index contributed by atoms with van der Waals surface area (Å²) in [5.41, 5.74) is 0.448. The number of anilines is 2.